The van der Waals surface area contributed by atoms with E-state index in [4.69, 9.17) is 11.0 Å². The summed E-state index contributed by atoms with van der Waals surface area (Å²) in [6, 6.07) is 11.8. The van der Waals surface area contributed by atoms with Gasteiger partial charge in [-0.05, 0) is 25.1 Å². The lowest BCUT2D eigenvalue weighted by atomic mass is 10.2. The molecule has 2 aromatic carbocycles. The van der Waals surface area contributed by atoms with Crippen molar-refractivity contribution in [1.29, 1.82) is 5.26 Å². The molecule has 0 aliphatic rings. The van der Waals surface area contributed by atoms with Crippen molar-refractivity contribution >= 4 is 27.2 Å². The first-order valence-electron chi connectivity index (χ1n) is 7.85. The molecule has 0 unspecified atom stereocenters. The molecular formula is C17H14N6O4S. The van der Waals surface area contributed by atoms with Gasteiger partial charge in [0.15, 0.2) is 0 Å². The maximum Gasteiger partial charge on any atom is 0.273 e. The molecule has 3 N–H and O–H groups in total. The lowest BCUT2D eigenvalue weighted by Crippen LogP contribution is -2.16. The number of sulfonamides is 1. The molecule has 0 amide bonds. The smallest absolute Gasteiger partial charge is 0.273 e. The predicted octanol–water partition coefficient (Wildman–Crippen LogP) is 2.34. The Balaban J connectivity index is 2.05. The maximum atomic E-state index is 12.8. The van der Waals surface area contributed by atoms with Crippen molar-refractivity contribution in [3.63, 3.8) is 0 Å². The average molecular weight is 398 g/mol. The number of aromatic nitrogens is 2. The van der Waals surface area contributed by atoms with Crippen LogP contribution >= 0.6 is 0 Å². The monoisotopic (exact) mass is 398 g/mol. The lowest BCUT2D eigenvalue weighted by Gasteiger charge is -2.13. The number of benzene rings is 2. The number of nitrogens with two attached hydrogens (primary N) is 1. The minimum Gasteiger partial charge on any atom is -0.382 e. The van der Waals surface area contributed by atoms with E-state index >= 15 is 0 Å². The van der Waals surface area contributed by atoms with E-state index in [2.05, 4.69) is 9.82 Å². The van der Waals surface area contributed by atoms with Gasteiger partial charge in [0.2, 0.25) is 0 Å². The highest BCUT2D eigenvalue weighted by atomic mass is 32.2. The summed E-state index contributed by atoms with van der Waals surface area (Å²) in [6.45, 7) is 1.52. The molecule has 0 aliphatic carbocycles. The normalized spacial score (nSPS) is 11.0. The molecule has 0 bridgehead atoms. The Labute approximate surface area is 160 Å². The van der Waals surface area contributed by atoms with E-state index in [1.165, 1.54) is 36.0 Å². The average Bonchev–Trinajstić information content (AvgIpc) is 3.02. The molecule has 1 aromatic heterocycles. The van der Waals surface area contributed by atoms with Crippen LogP contribution in [0, 0.1) is 28.4 Å². The molecule has 142 valence electrons. The van der Waals surface area contributed by atoms with E-state index in [1.54, 1.807) is 18.2 Å². The van der Waals surface area contributed by atoms with Gasteiger partial charge in [0.1, 0.15) is 17.5 Å². The van der Waals surface area contributed by atoms with Gasteiger partial charge in [-0.15, -0.1) is 0 Å². The number of nitrogens with one attached hydrogen (secondary N) is 1. The topological polar surface area (TPSA) is 157 Å². The lowest BCUT2D eigenvalue weighted by molar-refractivity contribution is -0.385. The molecule has 0 atom stereocenters. The molecule has 0 aliphatic heterocycles. The predicted molar refractivity (Wildman–Crippen MR) is 101 cm³/mol. The molecule has 3 aromatic rings. The van der Waals surface area contributed by atoms with Crippen LogP contribution < -0.4 is 10.5 Å². The molecule has 0 spiro atoms. The summed E-state index contributed by atoms with van der Waals surface area (Å²) >= 11 is 0. The zero-order chi connectivity index (χ0) is 20.5. The first-order chi connectivity index (χ1) is 13.2. The second-order valence-electron chi connectivity index (χ2n) is 5.80. The number of nitro benzene ring substituents is 1. The largest absolute Gasteiger partial charge is 0.382 e. The van der Waals surface area contributed by atoms with Gasteiger partial charge in [0.05, 0.1) is 27.4 Å². The van der Waals surface area contributed by atoms with Crippen LogP contribution in [0.4, 0.5) is 17.2 Å². The van der Waals surface area contributed by atoms with Gasteiger partial charge in [-0.1, -0.05) is 18.2 Å². The number of hydrogen-bond donors (Lipinski definition) is 2. The number of nitrogen functional groups attached to an aromatic ring is 1. The molecule has 0 saturated carbocycles. The fourth-order valence-corrected chi connectivity index (χ4v) is 3.63. The van der Waals surface area contributed by atoms with Crippen LogP contribution in [0.3, 0.4) is 0 Å². The highest BCUT2D eigenvalue weighted by Gasteiger charge is 2.22. The highest BCUT2D eigenvalue weighted by Crippen LogP contribution is 2.28. The van der Waals surface area contributed by atoms with Crippen LogP contribution in [0.1, 0.15) is 11.1 Å². The second-order valence-corrected chi connectivity index (χ2v) is 7.48. The molecule has 1 heterocycles. The van der Waals surface area contributed by atoms with Gasteiger partial charge in [0.25, 0.3) is 15.7 Å². The third-order valence-electron chi connectivity index (χ3n) is 3.99. The SMILES string of the molecule is Cc1ccc(S(=O)(=O)Nc2ccccc2-n2ncc(C#N)c2N)cc1[N+](=O)[O-]. The summed E-state index contributed by atoms with van der Waals surface area (Å²) in [6.07, 6.45) is 1.27. The number of para-hydroxylation sites is 2. The van der Waals surface area contributed by atoms with Crippen molar-refractivity contribution < 1.29 is 13.3 Å². The van der Waals surface area contributed by atoms with E-state index in [1.807, 2.05) is 6.07 Å². The Morgan fingerprint density at radius 1 is 1.29 bits per heavy atom. The zero-order valence-corrected chi connectivity index (χ0v) is 15.3. The number of anilines is 2. The Bertz CT molecular complexity index is 1230. The van der Waals surface area contributed by atoms with Gasteiger partial charge >= 0.3 is 0 Å². The van der Waals surface area contributed by atoms with Crippen LogP contribution in [-0.4, -0.2) is 23.1 Å². The Morgan fingerprint density at radius 3 is 2.64 bits per heavy atom. The fraction of sp³-hybridized carbons (Fsp3) is 0.0588. The van der Waals surface area contributed by atoms with Crippen molar-refractivity contribution in [2.24, 2.45) is 0 Å². The highest BCUT2D eigenvalue weighted by molar-refractivity contribution is 7.92. The number of nitrogens with zero attached hydrogens (tertiary/aromatic N) is 4. The molecule has 28 heavy (non-hydrogen) atoms. The van der Waals surface area contributed by atoms with Gasteiger partial charge in [-0.25, -0.2) is 13.1 Å². The summed E-state index contributed by atoms with van der Waals surface area (Å²) in [4.78, 5) is 10.2. The van der Waals surface area contributed by atoms with Crippen LogP contribution in [0.15, 0.2) is 53.6 Å². The van der Waals surface area contributed by atoms with Crippen molar-refractivity contribution in [2.75, 3.05) is 10.5 Å². The number of rotatable bonds is 5. The van der Waals surface area contributed by atoms with E-state index in [9.17, 15) is 18.5 Å². The molecule has 0 radical (unpaired) electrons. The standard InChI is InChI=1S/C17H14N6O4S/c1-11-6-7-13(8-16(11)23(24)25)28(26,27)21-14-4-2-3-5-15(14)22-17(19)12(9-18)10-20-22/h2-8,10,21H,19H2,1H3. The quantitative estimate of drug-likeness (QED) is 0.493. The van der Waals surface area contributed by atoms with E-state index in [0.717, 1.165) is 6.07 Å². The number of hydrogen-bond acceptors (Lipinski definition) is 7. The summed E-state index contributed by atoms with van der Waals surface area (Å²) < 4.78 is 29.2. The first-order valence-corrected chi connectivity index (χ1v) is 9.34. The molecule has 3 rings (SSSR count). The molecular weight excluding hydrogens is 384 g/mol. The summed E-state index contributed by atoms with van der Waals surface area (Å²) in [5, 5.41) is 24.1. The molecule has 11 heteroatoms. The fourth-order valence-electron chi connectivity index (χ4n) is 2.54. The first kappa shape index (κ1) is 18.9. The summed E-state index contributed by atoms with van der Waals surface area (Å²) in [5.74, 6) is 0.0557. The minimum absolute atomic E-state index is 0.0557. The third-order valence-corrected chi connectivity index (χ3v) is 5.35. The third kappa shape index (κ3) is 3.36. The van der Waals surface area contributed by atoms with Gasteiger partial charge in [-0.2, -0.15) is 10.4 Å². The maximum absolute atomic E-state index is 12.8. The van der Waals surface area contributed by atoms with E-state index in [0.29, 0.717) is 11.3 Å². The number of nitro groups is 1. The summed E-state index contributed by atoms with van der Waals surface area (Å²) in [7, 11) is -4.13. The zero-order valence-electron chi connectivity index (χ0n) is 14.5. The Morgan fingerprint density at radius 2 is 2.00 bits per heavy atom. The van der Waals surface area contributed by atoms with Gasteiger partial charge < -0.3 is 5.73 Å². The summed E-state index contributed by atoms with van der Waals surface area (Å²) in [5.41, 5.74) is 6.52. The molecule has 0 saturated heterocycles. The van der Waals surface area contributed by atoms with Crippen molar-refractivity contribution in [2.45, 2.75) is 11.8 Å². The van der Waals surface area contributed by atoms with Crippen LogP contribution in [0.5, 0.6) is 0 Å². The molecule has 0 fully saturated rings. The molecule has 10 nitrogen and oxygen atoms in total. The number of aryl methyl sites for hydroxylation is 1. The second kappa shape index (κ2) is 7.01. The van der Waals surface area contributed by atoms with Crippen LogP contribution in [0.25, 0.3) is 5.69 Å². The van der Waals surface area contributed by atoms with E-state index < -0.39 is 14.9 Å². The van der Waals surface area contributed by atoms with Gasteiger partial charge in [-0.3, -0.25) is 14.8 Å². The van der Waals surface area contributed by atoms with Crippen LogP contribution in [0.2, 0.25) is 0 Å². The minimum atomic E-state index is -4.13. The Hall–Kier alpha value is -3.91. The van der Waals surface area contributed by atoms with Crippen molar-refractivity contribution in [3.8, 4) is 11.8 Å². The van der Waals surface area contributed by atoms with Gasteiger partial charge in [0, 0.05) is 11.6 Å². The Kier molecular flexibility index (Phi) is 4.72. The van der Waals surface area contributed by atoms with Crippen LogP contribution in [-0.2, 0) is 10.0 Å². The van der Waals surface area contributed by atoms with Crippen molar-refractivity contribution in [1.82, 2.24) is 9.78 Å². The number of nitriles is 1. The van der Waals surface area contributed by atoms with Crippen molar-refractivity contribution in [3.05, 3.63) is 69.9 Å². The van der Waals surface area contributed by atoms with E-state index in [-0.39, 0.29) is 27.7 Å².